The minimum absolute atomic E-state index is 0.0774. The molecule has 2 aromatic carbocycles. The number of rotatable bonds is 8. The first-order valence-corrected chi connectivity index (χ1v) is 10.8. The second kappa shape index (κ2) is 10.0. The van der Waals surface area contributed by atoms with Crippen molar-refractivity contribution in [3.05, 3.63) is 70.3 Å². The number of carbonyl (C=O) groups is 2. The van der Waals surface area contributed by atoms with Crippen molar-refractivity contribution >= 4 is 17.4 Å². The SMILES string of the molecule is COCCCN1C(=O)C(=O)/C(=C(/O)c2cc(C)ccc2OC)C1c1ccc(C(C)C)cc1. The number of aliphatic hydroxyl groups is 1. The maximum absolute atomic E-state index is 13.1. The van der Waals surface area contributed by atoms with Gasteiger partial charge in [-0.15, -0.1) is 0 Å². The van der Waals surface area contributed by atoms with Gasteiger partial charge in [0.2, 0.25) is 0 Å². The third-order valence-electron chi connectivity index (χ3n) is 5.82. The summed E-state index contributed by atoms with van der Waals surface area (Å²) in [6, 6.07) is 12.5. The Morgan fingerprint density at radius 2 is 1.78 bits per heavy atom. The molecule has 1 atom stereocenters. The van der Waals surface area contributed by atoms with E-state index >= 15 is 0 Å². The first kappa shape index (κ1) is 23.5. The molecule has 32 heavy (non-hydrogen) atoms. The van der Waals surface area contributed by atoms with Crippen LogP contribution < -0.4 is 4.74 Å². The van der Waals surface area contributed by atoms with Crippen LogP contribution in [0.3, 0.4) is 0 Å². The molecule has 0 saturated carbocycles. The van der Waals surface area contributed by atoms with E-state index in [1.165, 1.54) is 12.0 Å². The Labute approximate surface area is 189 Å². The molecule has 1 aliphatic rings. The normalized spacial score (nSPS) is 17.9. The average molecular weight is 438 g/mol. The Balaban J connectivity index is 2.17. The highest BCUT2D eigenvalue weighted by molar-refractivity contribution is 6.46. The zero-order chi connectivity index (χ0) is 23.4. The molecule has 6 nitrogen and oxygen atoms in total. The van der Waals surface area contributed by atoms with Crippen LogP contribution in [0.15, 0.2) is 48.0 Å². The Morgan fingerprint density at radius 3 is 2.38 bits per heavy atom. The third-order valence-corrected chi connectivity index (χ3v) is 5.82. The fourth-order valence-electron chi connectivity index (χ4n) is 4.05. The molecule has 1 saturated heterocycles. The van der Waals surface area contributed by atoms with Crippen molar-refractivity contribution in [2.24, 2.45) is 0 Å². The lowest BCUT2D eigenvalue weighted by atomic mass is 9.92. The van der Waals surface area contributed by atoms with Gasteiger partial charge in [0.1, 0.15) is 11.5 Å². The van der Waals surface area contributed by atoms with Crippen molar-refractivity contribution in [1.29, 1.82) is 0 Å². The number of likely N-dealkylation sites (tertiary alicyclic amines) is 1. The van der Waals surface area contributed by atoms with Crippen LogP contribution in [0.4, 0.5) is 0 Å². The Bertz CT molecular complexity index is 1020. The molecule has 0 radical (unpaired) electrons. The number of amides is 1. The smallest absolute Gasteiger partial charge is 0.295 e. The van der Waals surface area contributed by atoms with Crippen LogP contribution in [0.2, 0.25) is 0 Å². The zero-order valence-electron chi connectivity index (χ0n) is 19.3. The number of ketones is 1. The van der Waals surface area contributed by atoms with E-state index in [4.69, 9.17) is 9.47 Å². The first-order chi connectivity index (χ1) is 15.3. The standard InChI is InChI=1S/C26H31NO5/c1-16(2)18-8-10-19(11-9-18)23-22(25(29)26(30)27(23)13-6-14-31-4)24(28)20-15-17(3)7-12-21(20)32-5/h7-12,15-16,23,28H,6,13-14H2,1-5H3/b24-22+. The van der Waals surface area contributed by atoms with Gasteiger partial charge in [0.05, 0.1) is 24.3 Å². The lowest BCUT2D eigenvalue weighted by molar-refractivity contribution is -0.140. The van der Waals surface area contributed by atoms with Gasteiger partial charge in [-0.05, 0) is 42.5 Å². The summed E-state index contributed by atoms with van der Waals surface area (Å²) in [5.41, 5.74) is 3.31. The highest BCUT2D eigenvalue weighted by Crippen LogP contribution is 2.41. The van der Waals surface area contributed by atoms with Crippen molar-refractivity contribution in [3.8, 4) is 5.75 Å². The van der Waals surface area contributed by atoms with E-state index < -0.39 is 17.7 Å². The Morgan fingerprint density at radius 1 is 1.09 bits per heavy atom. The van der Waals surface area contributed by atoms with Gasteiger partial charge < -0.3 is 19.5 Å². The number of nitrogens with zero attached hydrogens (tertiary/aromatic N) is 1. The molecule has 170 valence electrons. The number of benzene rings is 2. The van der Waals surface area contributed by atoms with Crippen LogP contribution in [0, 0.1) is 6.92 Å². The average Bonchev–Trinajstić information content (AvgIpc) is 3.03. The molecule has 1 N–H and O–H groups in total. The van der Waals surface area contributed by atoms with Crippen molar-refractivity contribution in [1.82, 2.24) is 4.90 Å². The number of Topliss-reactive ketones (excluding diaryl/α,β-unsaturated/α-hetero) is 1. The lowest BCUT2D eigenvalue weighted by Crippen LogP contribution is -2.31. The van der Waals surface area contributed by atoms with E-state index in [0.717, 1.165) is 16.7 Å². The molecule has 1 aliphatic heterocycles. The summed E-state index contributed by atoms with van der Waals surface area (Å²) in [4.78, 5) is 27.6. The minimum Gasteiger partial charge on any atom is -0.507 e. The first-order valence-electron chi connectivity index (χ1n) is 10.8. The third kappa shape index (κ3) is 4.55. The monoisotopic (exact) mass is 437 g/mol. The topological polar surface area (TPSA) is 76.1 Å². The molecule has 0 aliphatic carbocycles. The number of ether oxygens (including phenoxy) is 2. The quantitative estimate of drug-likeness (QED) is 0.283. The number of hydrogen-bond acceptors (Lipinski definition) is 5. The number of methoxy groups -OCH3 is 2. The molecule has 2 aromatic rings. The van der Waals surface area contributed by atoms with E-state index in [2.05, 4.69) is 13.8 Å². The van der Waals surface area contributed by atoms with Crippen LogP contribution in [0.5, 0.6) is 5.75 Å². The molecule has 6 heteroatoms. The fourth-order valence-corrected chi connectivity index (χ4v) is 4.05. The van der Waals surface area contributed by atoms with Gasteiger partial charge in [-0.25, -0.2) is 0 Å². The Kier molecular flexibility index (Phi) is 7.36. The summed E-state index contributed by atoms with van der Waals surface area (Å²) in [6.07, 6.45) is 0.581. The van der Waals surface area contributed by atoms with Crippen LogP contribution in [0.1, 0.15) is 54.5 Å². The summed E-state index contributed by atoms with van der Waals surface area (Å²) in [5.74, 6) is -0.744. The Hall–Kier alpha value is -3.12. The van der Waals surface area contributed by atoms with Gasteiger partial charge in [-0.1, -0.05) is 49.7 Å². The summed E-state index contributed by atoms with van der Waals surface area (Å²) >= 11 is 0. The second-order valence-electron chi connectivity index (χ2n) is 8.36. The van der Waals surface area contributed by atoms with E-state index in [1.807, 2.05) is 37.3 Å². The number of hydrogen-bond donors (Lipinski definition) is 1. The van der Waals surface area contributed by atoms with Crippen LogP contribution in [0.25, 0.3) is 5.76 Å². The van der Waals surface area contributed by atoms with Crippen molar-refractivity contribution in [3.63, 3.8) is 0 Å². The predicted molar refractivity (Wildman–Crippen MR) is 124 cm³/mol. The number of aliphatic hydroxyl groups excluding tert-OH is 1. The van der Waals surface area contributed by atoms with Crippen molar-refractivity contribution in [2.75, 3.05) is 27.4 Å². The van der Waals surface area contributed by atoms with Gasteiger partial charge in [-0.2, -0.15) is 0 Å². The summed E-state index contributed by atoms with van der Waals surface area (Å²) in [7, 11) is 3.10. The molecule has 1 amide bonds. The highest BCUT2D eigenvalue weighted by Gasteiger charge is 2.46. The second-order valence-corrected chi connectivity index (χ2v) is 8.36. The van der Waals surface area contributed by atoms with Gasteiger partial charge in [-0.3, -0.25) is 9.59 Å². The van der Waals surface area contributed by atoms with E-state index in [0.29, 0.717) is 36.8 Å². The minimum atomic E-state index is -0.693. The maximum atomic E-state index is 13.1. The largest absolute Gasteiger partial charge is 0.507 e. The molecule has 1 fully saturated rings. The van der Waals surface area contributed by atoms with E-state index in [-0.39, 0.29) is 11.3 Å². The van der Waals surface area contributed by atoms with Gasteiger partial charge in [0.15, 0.2) is 0 Å². The fraction of sp³-hybridized carbons (Fsp3) is 0.385. The van der Waals surface area contributed by atoms with Crippen LogP contribution >= 0.6 is 0 Å². The molecule has 1 unspecified atom stereocenters. The number of carbonyl (C=O) groups excluding carboxylic acids is 2. The van der Waals surface area contributed by atoms with Gasteiger partial charge >= 0.3 is 0 Å². The highest BCUT2D eigenvalue weighted by atomic mass is 16.5. The van der Waals surface area contributed by atoms with Crippen molar-refractivity contribution in [2.45, 2.75) is 39.2 Å². The van der Waals surface area contributed by atoms with Crippen LogP contribution in [-0.2, 0) is 14.3 Å². The zero-order valence-corrected chi connectivity index (χ0v) is 19.3. The molecular weight excluding hydrogens is 406 g/mol. The summed E-state index contributed by atoms with van der Waals surface area (Å²) < 4.78 is 10.5. The molecule has 1 heterocycles. The molecule has 0 bridgehead atoms. The molecule has 0 aromatic heterocycles. The van der Waals surface area contributed by atoms with Gasteiger partial charge in [0, 0.05) is 20.3 Å². The molecular formula is C26H31NO5. The van der Waals surface area contributed by atoms with Gasteiger partial charge in [0.25, 0.3) is 11.7 Å². The molecule has 0 spiro atoms. The van der Waals surface area contributed by atoms with Crippen LogP contribution in [-0.4, -0.2) is 49.1 Å². The number of aryl methyl sites for hydroxylation is 1. The van der Waals surface area contributed by atoms with Crippen molar-refractivity contribution < 1.29 is 24.2 Å². The summed E-state index contributed by atoms with van der Waals surface area (Å²) in [5, 5.41) is 11.3. The maximum Gasteiger partial charge on any atom is 0.295 e. The molecule has 3 rings (SSSR count). The van der Waals surface area contributed by atoms with E-state index in [1.54, 1.807) is 19.2 Å². The van der Waals surface area contributed by atoms with E-state index in [9.17, 15) is 14.7 Å². The predicted octanol–water partition coefficient (Wildman–Crippen LogP) is 4.59. The lowest BCUT2D eigenvalue weighted by Gasteiger charge is -2.25. The summed E-state index contributed by atoms with van der Waals surface area (Å²) in [6.45, 7) is 6.91.